The minimum Gasteiger partial charge on any atom is -0.481 e. The first-order chi connectivity index (χ1) is 14.0. The van der Waals surface area contributed by atoms with Gasteiger partial charge in [-0.2, -0.15) is 0 Å². The first kappa shape index (κ1) is 22.9. The van der Waals surface area contributed by atoms with Crippen molar-refractivity contribution in [3.05, 3.63) is 35.9 Å². The minimum absolute atomic E-state index is 0.175. The summed E-state index contributed by atoms with van der Waals surface area (Å²) in [7, 11) is 0. The van der Waals surface area contributed by atoms with E-state index in [2.05, 4.69) is 10.6 Å². The van der Waals surface area contributed by atoms with Crippen LogP contribution in [0.2, 0.25) is 0 Å². The number of carboxylic acids is 1. The van der Waals surface area contributed by atoms with Gasteiger partial charge in [0.1, 0.15) is 18.4 Å². The van der Waals surface area contributed by atoms with Gasteiger partial charge in [-0.05, 0) is 19.1 Å². The highest BCUT2D eigenvalue weighted by atomic mass is 19.3. The summed E-state index contributed by atoms with van der Waals surface area (Å²) in [5.74, 6) is -7.29. The molecule has 0 spiro atoms. The van der Waals surface area contributed by atoms with Crippen molar-refractivity contribution in [1.29, 1.82) is 0 Å². The molecule has 9 nitrogen and oxygen atoms in total. The smallest absolute Gasteiger partial charge is 0.305 e. The Kier molecular flexibility index (Phi) is 7.19. The lowest BCUT2D eigenvalue weighted by Crippen LogP contribution is -2.54. The van der Waals surface area contributed by atoms with Gasteiger partial charge in [-0.1, -0.05) is 18.2 Å². The molecule has 2 rings (SSSR count). The molecule has 0 saturated carbocycles. The molecule has 3 amide bonds. The van der Waals surface area contributed by atoms with E-state index in [-0.39, 0.29) is 11.8 Å². The molecule has 162 valence electrons. The number of aliphatic carboxylic acids is 1. The zero-order valence-electron chi connectivity index (χ0n) is 16.0. The third kappa shape index (κ3) is 5.82. The number of amides is 3. The first-order valence-corrected chi connectivity index (χ1v) is 9.06. The normalized spacial score (nSPS) is 19.4. The standard InChI is InChI=1S/C19H21F2N3O6/c1-11(22-16(28)12-5-3-2-4-6-12)18(30)24-10-19(20,21)8-14(24)17(29)23-13(9-25)7-15(26)27/h2-6,9,11,13-14H,7-8,10H2,1H3,(H,22,28)(H,23,29)(H,26,27)/t11-,13-,14-/m0/s1. The molecule has 1 saturated heterocycles. The van der Waals surface area contributed by atoms with Crippen molar-refractivity contribution in [3.8, 4) is 0 Å². The van der Waals surface area contributed by atoms with Gasteiger partial charge >= 0.3 is 5.97 Å². The van der Waals surface area contributed by atoms with E-state index in [1.165, 1.54) is 19.1 Å². The molecule has 1 aromatic carbocycles. The maximum absolute atomic E-state index is 14.0. The van der Waals surface area contributed by atoms with Crippen molar-refractivity contribution < 1.29 is 37.9 Å². The third-order valence-corrected chi connectivity index (χ3v) is 4.50. The number of rotatable bonds is 8. The van der Waals surface area contributed by atoms with Gasteiger partial charge in [-0.15, -0.1) is 0 Å². The summed E-state index contributed by atoms with van der Waals surface area (Å²) < 4.78 is 27.9. The van der Waals surface area contributed by atoms with Crippen LogP contribution in [-0.2, 0) is 19.2 Å². The quantitative estimate of drug-likeness (QED) is 0.510. The van der Waals surface area contributed by atoms with Crippen molar-refractivity contribution in [2.45, 2.75) is 43.8 Å². The van der Waals surface area contributed by atoms with E-state index in [4.69, 9.17) is 5.11 Å². The molecule has 30 heavy (non-hydrogen) atoms. The number of benzene rings is 1. The van der Waals surface area contributed by atoms with Crippen molar-refractivity contribution in [3.63, 3.8) is 0 Å². The second-order valence-electron chi connectivity index (χ2n) is 6.95. The molecule has 0 unspecified atom stereocenters. The van der Waals surface area contributed by atoms with Crippen molar-refractivity contribution >= 4 is 30.0 Å². The summed E-state index contributed by atoms with van der Waals surface area (Å²) in [5, 5.41) is 13.2. The first-order valence-electron chi connectivity index (χ1n) is 9.06. The van der Waals surface area contributed by atoms with Gasteiger partial charge in [0.05, 0.1) is 19.0 Å². The summed E-state index contributed by atoms with van der Waals surface area (Å²) in [6.07, 6.45) is -1.54. The highest BCUT2D eigenvalue weighted by Gasteiger charge is 2.51. The Morgan fingerprint density at radius 2 is 1.87 bits per heavy atom. The van der Waals surface area contributed by atoms with E-state index in [0.29, 0.717) is 4.90 Å². The van der Waals surface area contributed by atoms with Crippen LogP contribution in [0.1, 0.15) is 30.1 Å². The minimum atomic E-state index is -3.36. The zero-order valence-corrected chi connectivity index (χ0v) is 16.0. The second kappa shape index (κ2) is 9.42. The Bertz CT molecular complexity index is 833. The van der Waals surface area contributed by atoms with Crippen LogP contribution >= 0.6 is 0 Å². The Balaban J connectivity index is 2.11. The molecule has 1 aliphatic heterocycles. The maximum Gasteiger partial charge on any atom is 0.305 e. The molecule has 1 fully saturated rings. The van der Waals surface area contributed by atoms with Crippen LogP contribution in [0, 0.1) is 0 Å². The highest BCUT2D eigenvalue weighted by Crippen LogP contribution is 2.32. The fourth-order valence-corrected chi connectivity index (χ4v) is 3.06. The number of carboxylic acid groups (broad SMARTS) is 1. The molecule has 11 heteroatoms. The Morgan fingerprint density at radius 3 is 2.43 bits per heavy atom. The number of hydrogen-bond donors (Lipinski definition) is 3. The Morgan fingerprint density at radius 1 is 1.23 bits per heavy atom. The summed E-state index contributed by atoms with van der Waals surface area (Å²) >= 11 is 0. The summed E-state index contributed by atoms with van der Waals surface area (Å²) in [5.41, 5.74) is 0.265. The van der Waals surface area contributed by atoms with Crippen LogP contribution in [0.25, 0.3) is 0 Å². The van der Waals surface area contributed by atoms with E-state index >= 15 is 0 Å². The van der Waals surface area contributed by atoms with Crippen LogP contribution in [0.15, 0.2) is 30.3 Å². The van der Waals surface area contributed by atoms with Gasteiger partial charge in [-0.3, -0.25) is 19.2 Å². The molecule has 3 atom stereocenters. The molecule has 1 heterocycles. The van der Waals surface area contributed by atoms with Crippen LogP contribution in [0.3, 0.4) is 0 Å². The van der Waals surface area contributed by atoms with Gasteiger partial charge in [0.25, 0.3) is 11.8 Å². The number of nitrogens with zero attached hydrogens (tertiary/aromatic N) is 1. The topological polar surface area (TPSA) is 133 Å². The fourth-order valence-electron chi connectivity index (χ4n) is 3.06. The number of carbonyl (C=O) groups is 5. The molecular formula is C19H21F2N3O6. The van der Waals surface area contributed by atoms with Crippen molar-refractivity contribution in [2.75, 3.05) is 6.54 Å². The lowest BCUT2D eigenvalue weighted by Gasteiger charge is -2.27. The molecule has 0 aliphatic carbocycles. The van der Waals surface area contributed by atoms with E-state index in [1.807, 2.05) is 0 Å². The average Bonchev–Trinajstić information content (AvgIpc) is 3.02. The molecule has 1 aromatic rings. The number of halogens is 2. The predicted octanol–water partition coefficient (Wildman–Crippen LogP) is 0.199. The van der Waals surface area contributed by atoms with Gasteiger partial charge in [0.15, 0.2) is 0 Å². The lowest BCUT2D eigenvalue weighted by molar-refractivity contribution is -0.142. The number of hydrogen-bond acceptors (Lipinski definition) is 5. The largest absolute Gasteiger partial charge is 0.481 e. The van der Waals surface area contributed by atoms with Crippen molar-refractivity contribution in [2.24, 2.45) is 0 Å². The number of aldehydes is 1. The van der Waals surface area contributed by atoms with E-state index < -0.39 is 67.1 Å². The number of carbonyl (C=O) groups excluding carboxylic acids is 4. The lowest BCUT2D eigenvalue weighted by atomic mass is 10.1. The fraction of sp³-hybridized carbons (Fsp3) is 0.421. The number of likely N-dealkylation sites (tertiary alicyclic amines) is 1. The molecule has 1 aliphatic rings. The van der Waals surface area contributed by atoms with Crippen molar-refractivity contribution in [1.82, 2.24) is 15.5 Å². The van der Waals surface area contributed by atoms with Crippen LogP contribution in [0.5, 0.6) is 0 Å². The Hall–Kier alpha value is -3.37. The van der Waals surface area contributed by atoms with Crippen LogP contribution in [0.4, 0.5) is 8.78 Å². The molecule has 3 N–H and O–H groups in total. The van der Waals surface area contributed by atoms with E-state index in [9.17, 15) is 32.8 Å². The van der Waals surface area contributed by atoms with Gasteiger partial charge < -0.3 is 25.4 Å². The molecule has 0 bridgehead atoms. The van der Waals surface area contributed by atoms with E-state index in [1.54, 1.807) is 18.2 Å². The molecule has 0 radical (unpaired) electrons. The van der Waals surface area contributed by atoms with Gasteiger partial charge in [0.2, 0.25) is 11.8 Å². The monoisotopic (exact) mass is 425 g/mol. The maximum atomic E-state index is 14.0. The van der Waals surface area contributed by atoms with Gasteiger partial charge in [-0.25, -0.2) is 8.78 Å². The Labute approximate surface area is 170 Å². The van der Waals surface area contributed by atoms with Gasteiger partial charge in [0, 0.05) is 12.0 Å². The van der Waals surface area contributed by atoms with Crippen LogP contribution in [-0.4, -0.2) is 70.6 Å². The number of nitrogens with one attached hydrogen (secondary N) is 2. The predicted molar refractivity (Wildman–Crippen MR) is 98.7 cm³/mol. The summed E-state index contributed by atoms with van der Waals surface area (Å²) in [4.78, 5) is 59.6. The van der Waals surface area contributed by atoms with Crippen LogP contribution < -0.4 is 10.6 Å². The molecular weight excluding hydrogens is 404 g/mol. The zero-order chi connectivity index (χ0) is 22.5. The average molecular weight is 425 g/mol. The highest BCUT2D eigenvalue weighted by molar-refractivity contribution is 5.98. The third-order valence-electron chi connectivity index (χ3n) is 4.50. The van der Waals surface area contributed by atoms with E-state index in [0.717, 1.165) is 0 Å². The SMILES string of the molecule is C[C@H](NC(=O)c1ccccc1)C(=O)N1CC(F)(F)C[C@H]1C(=O)N[C@H](C=O)CC(=O)O. The second-order valence-corrected chi connectivity index (χ2v) is 6.95. The summed E-state index contributed by atoms with van der Waals surface area (Å²) in [6.45, 7) is 0.257. The molecule has 0 aromatic heterocycles. The number of alkyl halides is 2. The summed E-state index contributed by atoms with van der Waals surface area (Å²) in [6, 6.07) is 3.70.